The Hall–Kier alpha value is -1.75. The summed E-state index contributed by atoms with van der Waals surface area (Å²) in [5.41, 5.74) is 3.18. The van der Waals surface area contributed by atoms with Gasteiger partial charge in [0.15, 0.2) is 0 Å². The maximum absolute atomic E-state index is 11.8. The van der Waals surface area contributed by atoms with E-state index < -0.39 is 0 Å². The molecule has 0 aliphatic rings. The van der Waals surface area contributed by atoms with Crippen LogP contribution in [0.5, 0.6) is 0 Å². The zero-order chi connectivity index (χ0) is 13.1. The molecule has 4 nitrogen and oxygen atoms in total. The molecule has 5 heteroatoms. The average molecular weight is 265 g/mol. The van der Waals surface area contributed by atoms with Crippen molar-refractivity contribution in [3.63, 3.8) is 0 Å². The maximum atomic E-state index is 11.8. The summed E-state index contributed by atoms with van der Waals surface area (Å²) in [5, 5.41) is 4.00. The number of hydrogen-bond acceptors (Lipinski definition) is 4. The van der Waals surface area contributed by atoms with E-state index >= 15 is 0 Å². The largest absolute Gasteiger partial charge is 0.462 e. The van der Waals surface area contributed by atoms with E-state index in [2.05, 4.69) is 0 Å². The molecule has 2 aromatic rings. The molecule has 0 bridgehead atoms. The Morgan fingerprint density at radius 2 is 2.28 bits per heavy atom. The van der Waals surface area contributed by atoms with Crippen LogP contribution in [0.4, 0.5) is 0 Å². The van der Waals surface area contributed by atoms with Crippen LogP contribution < -0.4 is 4.84 Å². The molecule has 2 heterocycles. The van der Waals surface area contributed by atoms with E-state index in [-0.39, 0.29) is 5.97 Å². The van der Waals surface area contributed by atoms with Gasteiger partial charge in [-0.1, -0.05) is 0 Å². The van der Waals surface area contributed by atoms with E-state index in [1.807, 2.05) is 23.8 Å². The summed E-state index contributed by atoms with van der Waals surface area (Å²) < 4.78 is 6.68. The van der Waals surface area contributed by atoms with Crippen molar-refractivity contribution in [2.75, 3.05) is 13.7 Å². The van der Waals surface area contributed by atoms with Crippen molar-refractivity contribution in [1.29, 1.82) is 0 Å². The van der Waals surface area contributed by atoms with Gasteiger partial charge in [-0.2, -0.15) is 16.1 Å². The van der Waals surface area contributed by atoms with Crippen LogP contribution in [-0.4, -0.2) is 24.4 Å². The quantitative estimate of drug-likeness (QED) is 0.798. The Morgan fingerprint density at radius 3 is 2.83 bits per heavy atom. The van der Waals surface area contributed by atoms with E-state index in [4.69, 9.17) is 9.57 Å². The van der Waals surface area contributed by atoms with Gasteiger partial charge in [0.25, 0.3) is 0 Å². The monoisotopic (exact) mass is 265 g/mol. The van der Waals surface area contributed by atoms with Crippen molar-refractivity contribution in [3.8, 4) is 11.3 Å². The van der Waals surface area contributed by atoms with Gasteiger partial charge in [0, 0.05) is 10.9 Å². The molecule has 0 saturated heterocycles. The number of carbonyl (C=O) groups is 1. The number of hydrogen-bond donors (Lipinski definition) is 0. The van der Waals surface area contributed by atoms with Crippen molar-refractivity contribution >= 4 is 17.3 Å². The SMILES string of the molecule is CCOC(=O)c1cc(-c2ccsc2)n(OC)c1C. The van der Waals surface area contributed by atoms with E-state index in [0.717, 1.165) is 17.0 Å². The number of aromatic nitrogens is 1. The number of rotatable bonds is 4. The molecule has 0 fully saturated rings. The normalized spacial score (nSPS) is 10.4. The molecule has 2 rings (SSSR count). The molecule has 0 radical (unpaired) electrons. The summed E-state index contributed by atoms with van der Waals surface area (Å²) in [7, 11) is 1.58. The third-order valence-corrected chi connectivity index (χ3v) is 3.37. The second-order valence-electron chi connectivity index (χ2n) is 3.74. The van der Waals surface area contributed by atoms with E-state index in [0.29, 0.717) is 12.2 Å². The standard InChI is InChI=1S/C13H15NO3S/c1-4-17-13(15)11-7-12(10-5-6-18-8-10)14(16-3)9(11)2/h5-8H,4H2,1-3H3. The lowest BCUT2D eigenvalue weighted by Gasteiger charge is -2.08. The fourth-order valence-corrected chi connectivity index (χ4v) is 2.50. The minimum atomic E-state index is -0.317. The summed E-state index contributed by atoms with van der Waals surface area (Å²) in [4.78, 5) is 17.2. The third kappa shape index (κ3) is 2.13. The Morgan fingerprint density at radius 1 is 1.50 bits per heavy atom. The molecular weight excluding hydrogens is 250 g/mol. The Balaban J connectivity index is 2.49. The second-order valence-corrected chi connectivity index (χ2v) is 4.52. The first kappa shape index (κ1) is 12.7. The van der Waals surface area contributed by atoms with Gasteiger partial charge in [0.1, 0.15) is 7.11 Å². The molecule has 0 aliphatic heterocycles. The molecule has 2 aromatic heterocycles. The maximum Gasteiger partial charge on any atom is 0.340 e. The second kappa shape index (κ2) is 5.27. The predicted octanol–water partition coefficient (Wildman–Crippen LogP) is 2.76. The minimum absolute atomic E-state index is 0.317. The Labute approximate surface area is 110 Å². The number of nitrogens with zero attached hydrogens (tertiary/aromatic N) is 1. The lowest BCUT2D eigenvalue weighted by Crippen LogP contribution is -2.11. The highest BCUT2D eigenvalue weighted by atomic mass is 32.1. The summed E-state index contributed by atoms with van der Waals surface area (Å²) in [6, 6.07) is 3.79. The van der Waals surface area contributed by atoms with Crippen LogP contribution in [0.1, 0.15) is 23.0 Å². The molecule has 96 valence electrons. The van der Waals surface area contributed by atoms with Crippen LogP contribution in [0.25, 0.3) is 11.3 Å². The van der Waals surface area contributed by atoms with Crippen molar-refractivity contribution in [3.05, 3.63) is 34.2 Å². The highest BCUT2D eigenvalue weighted by Gasteiger charge is 2.20. The highest BCUT2D eigenvalue weighted by Crippen LogP contribution is 2.27. The third-order valence-electron chi connectivity index (χ3n) is 2.69. The van der Waals surface area contributed by atoms with Crippen LogP contribution in [0.3, 0.4) is 0 Å². The van der Waals surface area contributed by atoms with Crippen molar-refractivity contribution < 1.29 is 14.4 Å². The van der Waals surface area contributed by atoms with Crippen LogP contribution in [0.2, 0.25) is 0 Å². The highest BCUT2D eigenvalue weighted by molar-refractivity contribution is 7.08. The number of ether oxygens (including phenoxy) is 1. The van der Waals surface area contributed by atoms with Gasteiger partial charge in [0.2, 0.25) is 0 Å². The van der Waals surface area contributed by atoms with Gasteiger partial charge in [0.05, 0.1) is 23.6 Å². The molecule has 0 aliphatic carbocycles. The summed E-state index contributed by atoms with van der Waals surface area (Å²) in [6.45, 7) is 4.00. The topological polar surface area (TPSA) is 40.5 Å². The van der Waals surface area contributed by atoms with Gasteiger partial charge in [-0.25, -0.2) is 4.79 Å². The lowest BCUT2D eigenvalue weighted by atomic mass is 10.2. The molecule has 0 unspecified atom stereocenters. The summed E-state index contributed by atoms with van der Waals surface area (Å²) in [6.07, 6.45) is 0. The zero-order valence-corrected chi connectivity index (χ0v) is 11.4. The first-order chi connectivity index (χ1) is 8.69. The van der Waals surface area contributed by atoms with Crippen molar-refractivity contribution in [1.82, 2.24) is 4.73 Å². The van der Waals surface area contributed by atoms with Gasteiger partial charge in [-0.05, 0) is 31.4 Å². The number of carbonyl (C=O) groups excluding carboxylic acids is 1. The van der Waals surface area contributed by atoms with Crippen molar-refractivity contribution in [2.24, 2.45) is 0 Å². The summed E-state index contributed by atoms with van der Waals surface area (Å²) in [5.74, 6) is -0.317. The van der Waals surface area contributed by atoms with Gasteiger partial charge in [-0.15, -0.1) is 0 Å². The molecule has 0 aromatic carbocycles. The first-order valence-electron chi connectivity index (χ1n) is 5.65. The molecular formula is C13H15NO3S. The van der Waals surface area contributed by atoms with E-state index in [1.165, 1.54) is 0 Å². The number of thiophene rings is 1. The van der Waals surface area contributed by atoms with Crippen LogP contribution in [0.15, 0.2) is 22.9 Å². The lowest BCUT2D eigenvalue weighted by molar-refractivity contribution is 0.0523. The van der Waals surface area contributed by atoms with Crippen LogP contribution in [0, 0.1) is 6.92 Å². The fourth-order valence-electron chi connectivity index (χ4n) is 1.85. The van der Waals surface area contributed by atoms with Crippen LogP contribution in [-0.2, 0) is 4.74 Å². The minimum Gasteiger partial charge on any atom is -0.462 e. The summed E-state index contributed by atoms with van der Waals surface area (Å²) >= 11 is 1.60. The first-order valence-corrected chi connectivity index (χ1v) is 6.59. The molecule has 0 amide bonds. The smallest absolute Gasteiger partial charge is 0.340 e. The van der Waals surface area contributed by atoms with E-state index in [1.54, 1.807) is 36.2 Å². The predicted molar refractivity (Wildman–Crippen MR) is 70.9 cm³/mol. The molecule has 18 heavy (non-hydrogen) atoms. The van der Waals surface area contributed by atoms with Gasteiger partial charge in [-0.3, -0.25) is 0 Å². The molecule has 0 spiro atoms. The van der Waals surface area contributed by atoms with Gasteiger partial charge >= 0.3 is 5.97 Å². The molecule has 0 N–H and O–H groups in total. The zero-order valence-electron chi connectivity index (χ0n) is 10.6. The van der Waals surface area contributed by atoms with Crippen LogP contribution >= 0.6 is 11.3 Å². The molecule has 0 atom stereocenters. The Bertz CT molecular complexity index is 543. The molecule has 0 saturated carbocycles. The van der Waals surface area contributed by atoms with Gasteiger partial charge < -0.3 is 9.57 Å². The van der Waals surface area contributed by atoms with Crippen molar-refractivity contribution in [2.45, 2.75) is 13.8 Å². The number of esters is 1. The Kier molecular flexibility index (Phi) is 3.72. The van der Waals surface area contributed by atoms with E-state index in [9.17, 15) is 4.79 Å². The fraction of sp³-hybridized carbons (Fsp3) is 0.308. The average Bonchev–Trinajstić information content (AvgIpc) is 2.96.